The summed E-state index contributed by atoms with van der Waals surface area (Å²) in [6, 6.07) is 18.2. The summed E-state index contributed by atoms with van der Waals surface area (Å²) < 4.78 is 0. The van der Waals surface area contributed by atoms with Crippen LogP contribution in [-0.4, -0.2) is 18.5 Å². The van der Waals surface area contributed by atoms with Crippen molar-refractivity contribution in [3.8, 4) is 0 Å². The number of hydrogen-bond acceptors (Lipinski definition) is 2. The molecule has 0 spiro atoms. The van der Waals surface area contributed by atoms with E-state index in [-0.39, 0.29) is 24.5 Å². The van der Waals surface area contributed by atoms with E-state index in [0.717, 1.165) is 18.4 Å². The average Bonchev–Trinajstić information content (AvgIpc) is 2.59. The van der Waals surface area contributed by atoms with E-state index in [2.05, 4.69) is 22.8 Å². The lowest BCUT2D eigenvalue weighted by Gasteiger charge is -2.18. The van der Waals surface area contributed by atoms with Gasteiger partial charge in [0.2, 0.25) is 5.91 Å². The molecule has 0 heterocycles. The van der Waals surface area contributed by atoms with E-state index < -0.39 is 0 Å². The van der Waals surface area contributed by atoms with E-state index in [0.29, 0.717) is 5.02 Å². The Balaban J connectivity index is 1.71. The minimum Gasteiger partial charge on any atom is -0.353 e. The summed E-state index contributed by atoms with van der Waals surface area (Å²) in [7, 11) is 0. The van der Waals surface area contributed by atoms with Gasteiger partial charge < -0.3 is 10.6 Å². The summed E-state index contributed by atoms with van der Waals surface area (Å²) in [6.45, 7) is 4.33. The summed E-state index contributed by atoms with van der Waals surface area (Å²) in [5.74, 6) is 0.00876. The zero-order chi connectivity index (χ0) is 17.4. The van der Waals surface area contributed by atoms with Gasteiger partial charge in [-0.25, -0.2) is 0 Å². The quantitative estimate of drug-likeness (QED) is 0.756. The van der Waals surface area contributed by atoms with Crippen LogP contribution in [0.15, 0.2) is 54.6 Å². The molecule has 0 aromatic heterocycles. The van der Waals surface area contributed by atoms with Crippen LogP contribution in [-0.2, 0) is 11.2 Å². The monoisotopic (exact) mass is 344 g/mol. The van der Waals surface area contributed by atoms with E-state index in [1.807, 2.05) is 56.3 Å². The Labute approximate surface area is 149 Å². The highest BCUT2D eigenvalue weighted by Crippen LogP contribution is 2.21. The maximum Gasteiger partial charge on any atom is 0.234 e. The zero-order valence-corrected chi connectivity index (χ0v) is 15.0. The predicted molar refractivity (Wildman–Crippen MR) is 100 cm³/mol. The summed E-state index contributed by atoms with van der Waals surface area (Å²) in [5.41, 5.74) is 2.30. The Kier molecular flexibility index (Phi) is 7.29. The maximum atomic E-state index is 12.1. The molecule has 3 nitrogen and oxygen atoms in total. The van der Waals surface area contributed by atoms with Gasteiger partial charge in [-0.05, 0) is 43.9 Å². The molecule has 0 aliphatic carbocycles. The molecule has 0 fully saturated rings. The predicted octanol–water partition coefficient (Wildman–Crippen LogP) is 4.13. The molecule has 1 amide bonds. The zero-order valence-electron chi connectivity index (χ0n) is 14.3. The standard InChI is InChI=1S/C20H25ClN2O/c1-15(12-13-17-8-4-3-5-9-17)23-20(24)14-22-16(2)18-10-6-7-11-19(18)21/h3-11,15-16,22H,12-14H2,1-2H3,(H,23,24)/t15-,16+/m0/s1. The van der Waals surface area contributed by atoms with Crippen molar-refractivity contribution in [1.82, 2.24) is 10.6 Å². The first kappa shape index (κ1) is 18.5. The molecule has 0 saturated heterocycles. The fraction of sp³-hybridized carbons (Fsp3) is 0.350. The van der Waals surface area contributed by atoms with Gasteiger partial charge in [0.1, 0.15) is 0 Å². The van der Waals surface area contributed by atoms with E-state index in [4.69, 9.17) is 11.6 Å². The number of carbonyl (C=O) groups excluding carboxylic acids is 1. The molecule has 2 aromatic rings. The summed E-state index contributed by atoms with van der Waals surface area (Å²) in [5, 5.41) is 6.98. The number of rotatable bonds is 8. The topological polar surface area (TPSA) is 41.1 Å². The largest absolute Gasteiger partial charge is 0.353 e. The fourth-order valence-electron chi connectivity index (χ4n) is 2.61. The summed E-state index contributed by atoms with van der Waals surface area (Å²) in [6.07, 6.45) is 1.89. The van der Waals surface area contributed by atoms with Gasteiger partial charge >= 0.3 is 0 Å². The lowest BCUT2D eigenvalue weighted by atomic mass is 10.1. The molecule has 0 saturated carbocycles. The van der Waals surface area contributed by atoms with Gasteiger partial charge in [-0.1, -0.05) is 60.1 Å². The number of halogens is 1. The van der Waals surface area contributed by atoms with Crippen molar-refractivity contribution in [2.45, 2.75) is 38.8 Å². The van der Waals surface area contributed by atoms with Gasteiger partial charge in [-0.15, -0.1) is 0 Å². The smallest absolute Gasteiger partial charge is 0.234 e. The van der Waals surface area contributed by atoms with Gasteiger partial charge in [-0.3, -0.25) is 4.79 Å². The van der Waals surface area contributed by atoms with Crippen LogP contribution in [0, 0.1) is 0 Å². The van der Waals surface area contributed by atoms with Crippen molar-refractivity contribution >= 4 is 17.5 Å². The number of carbonyl (C=O) groups is 1. The second kappa shape index (κ2) is 9.45. The fourth-order valence-corrected chi connectivity index (χ4v) is 2.91. The van der Waals surface area contributed by atoms with Crippen LogP contribution in [0.3, 0.4) is 0 Å². The van der Waals surface area contributed by atoms with Crippen LogP contribution in [0.2, 0.25) is 5.02 Å². The van der Waals surface area contributed by atoms with Crippen LogP contribution in [0.4, 0.5) is 0 Å². The van der Waals surface area contributed by atoms with Crippen molar-refractivity contribution in [3.05, 3.63) is 70.7 Å². The highest BCUT2D eigenvalue weighted by molar-refractivity contribution is 6.31. The minimum atomic E-state index is 0.00876. The van der Waals surface area contributed by atoms with Crippen molar-refractivity contribution in [2.24, 2.45) is 0 Å². The third-order valence-electron chi connectivity index (χ3n) is 4.06. The summed E-state index contributed by atoms with van der Waals surface area (Å²) in [4.78, 5) is 12.1. The number of amides is 1. The average molecular weight is 345 g/mol. The first-order valence-corrected chi connectivity index (χ1v) is 8.75. The third kappa shape index (κ3) is 5.99. The molecule has 0 aliphatic heterocycles. The Morgan fingerprint density at radius 1 is 1.04 bits per heavy atom. The number of nitrogens with one attached hydrogen (secondary N) is 2. The maximum absolute atomic E-state index is 12.1. The molecular weight excluding hydrogens is 320 g/mol. The molecule has 2 aromatic carbocycles. The number of hydrogen-bond donors (Lipinski definition) is 2. The van der Waals surface area contributed by atoms with Crippen LogP contribution in [0.5, 0.6) is 0 Å². The van der Waals surface area contributed by atoms with Crippen LogP contribution in [0.25, 0.3) is 0 Å². The van der Waals surface area contributed by atoms with Gasteiger partial charge in [0.25, 0.3) is 0 Å². The van der Waals surface area contributed by atoms with Crippen LogP contribution in [0.1, 0.15) is 37.4 Å². The highest BCUT2D eigenvalue weighted by atomic mass is 35.5. The second-order valence-electron chi connectivity index (χ2n) is 6.12. The van der Waals surface area contributed by atoms with Gasteiger partial charge in [0, 0.05) is 17.1 Å². The minimum absolute atomic E-state index is 0.00876. The normalized spacial score (nSPS) is 13.3. The van der Waals surface area contributed by atoms with Crippen molar-refractivity contribution in [3.63, 3.8) is 0 Å². The first-order valence-electron chi connectivity index (χ1n) is 8.37. The summed E-state index contributed by atoms with van der Waals surface area (Å²) >= 11 is 6.18. The Bertz CT molecular complexity index is 645. The molecule has 0 bridgehead atoms. The van der Waals surface area contributed by atoms with Crippen LogP contribution < -0.4 is 10.6 Å². The first-order chi connectivity index (χ1) is 11.6. The third-order valence-corrected chi connectivity index (χ3v) is 4.40. The van der Waals surface area contributed by atoms with Gasteiger partial charge in [0.05, 0.1) is 6.54 Å². The lowest BCUT2D eigenvalue weighted by Crippen LogP contribution is -2.39. The SMILES string of the molecule is C[C@@H](CCc1ccccc1)NC(=O)CN[C@H](C)c1ccccc1Cl. The molecule has 0 aliphatic rings. The van der Waals surface area contributed by atoms with Gasteiger partial charge in [0.15, 0.2) is 0 Å². The Morgan fingerprint density at radius 3 is 2.42 bits per heavy atom. The molecule has 128 valence electrons. The Morgan fingerprint density at radius 2 is 1.71 bits per heavy atom. The molecular formula is C20H25ClN2O. The number of aryl methyl sites for hydroxylation is 1. The van der Waals surface area contributed by atoms with Crippen molar-refractivity contribution in [2.75, 3.05) is 6.54 Å². The molecule has 2 N–H and O–H groups in total. The van der Waals surface area contributed by atoms with E-state index in [1.54, 1.807) is 0 Å². The van der Waals surface area contributed by atoms with E-state index in [1.165, 1.54) is 5.56 Å². The lowest BCUT2D eigenvalue weighted by molar-refractivity contribution is -0.121. The van der Waals surface area contributed by atoms with E-state index >= 15 is 0 Å². The molecule has 0 radical (unpaired) electrons. The van der Waals surface area contributed by atoms with Crippen molar-refractivity contribution in [1.29, 1.82) is 0 Å². The van der Waals surface area contributed by atoms with E-state index in [9.17, 15) is 4.79 Å². The van der Waals surface area contributed by atoms with Crippen LogP contribution >= 0.6 is 11.6 Å². The molecule has 2 atom stereocenters. The molecule has 0 unspecified atom stereocenters. The van der Waals surface area contributed by atoms with Crippen molar-refractivity contribution < 1.29 is 4.79 Å². The second-order valence-corrected chi connectivity index (χ2v) is 6.52. The molecule has 4 heteroatoms. The number of benzene rings is 2. The Hall–Kier alpha value is -1.84. The van der Waals surface area contributed by atoms with Gasteiger partial charge in [-0.2, -0.15) is 0 Å². The highest BCUT2D eigenvalue weighted by Gasteiger charge is 2.12. The molecule has 2 rings (SSSR count). The molecule has 24 heavy (non-hydrogen) atoms.